The molecule has 0 unspecified atom stereocenters. The summed E-state index contributed by atoms with van der Waals surface area (Å²) in [6, 6.07) is 7.02. The van der Waals surface area contributed by atoms with Crippen LogP contribution in [0.5, 0.6) is 0 Å². The molecule has 0 bridgehead atoms. The molecule has 0 saturated carbocycles. The van der Waals surface area contributed by atoms with Crippen LogP contribution in [0.3, 0.4) is 0 Å². The highest BCUT2D eigenvalue weighted by molar-refractivity contribution is 6.33. The van der Waals surface area contributed by atoms with Gasteiger partial charge in [-0.2, -0.15) is 10.2 Å². The fourth-order valence-corrected chi connectivity index (χ4v) is 3.59. The molecular formula is C20H24ClN5O. The third-order valence-electron chi connectivity index (χ3n) is 4.76. The largest absolute Gasteiger partial charge is 0.345 e. The Bertz CT molecular complexity index is 946. The topological polar surface area (TPSA) is 64.7 Å². The first-order valence-corrected chi connectivity index (χ1v) is 9.48. The molecular weight excluding hydrogens is 362 g/mol. The Morgan fingerprint density at radius 1 is 1.30 bits per heavy atom. The van der Waals surface area contributed by atoms with E-state index in [-0.39, 0.29) is 11.9 Å². The van der Waals surface area contributed by atoms with Crippen LogP contribution in [0.2, 0.25) is 5.02 Å². The lowest BCUT2D eigenvalue weighted by Gasteiger charge is -2.19. The molecule has 0 aliphatic rings. The fourth-order valence-electron chi connectivity index (χ4n) is 3.39. The molecule has 3 rings (SSSR count). The first-order valence-electron chi connectivity index (χ1n) is 9.10. The van der Waals surface area contributed by atoms with Gasteiger partial charge in [0.25, 0.3) is 5.91 Å². The molecule has 1 aromatic carbocycles. The lowest BCUT2D eigenvalue weighted by molar-refractivity contribution is 0.0935. The van der Waals surface area contributed by atoms with Crippen LogP contribution < -0.4 is 5.32 Å². The molecule has 0 aliphatic heterocycles. The summed E-state index contributed by atoms with van der Waals surface area (Å²) in [6.07, 6.45) is 4.28. The summed E-state index contributed by atoms with van der Waals surface area (Å²) < 4.78 is 3.66. The van der Waals surface area contributed by atoms with Crippen molar-refractivity contribution in [2.45, 2.75) is 46.7 Å². The van der Waals surface area contributed by atoms with Crippen LogP contribution in [0.1, 0.15) is 53.6 Å². The Balaban J connectivity index is 1.90. The van der Waals surface area contributed by atoms with Crippen molar-refractivity contribution in [3.8, 4) is 5.69 Å². The Labute approximate surface area is 164 Å². The lowest BCUT2D eigenvalue weighted by Crippen LogP contribution is -2.29. The molecule has 1 amide bonds. The van der Waals surface area contributed by atoms with E-state index < -0.39 is 0 Å². The third-order valence-corrected chi connectivity index (χ3v) is 5.09. The number of halogens is 1. The number of benzene rings is 1. The van der Waals surface area contributed by atoms with Gasteiger partial charge in [-0.05, 0) is 51.5 Å². The van der Waals surface area contributed by atoms with Gasteiger partial charge in [-0.15, -0.1) is 0 Å². The highest BCUT2D eigenvalue weighted by atomic mass is 35.5. The summed E-state index contributed by atoms with van der Waals surface area (Å²) in [5.41, 5.74) is 4.32. The zero-order valence-electron chi connectivity index (χ0n) is 16.0. The molecule has 1 atom stereocenters. The van der Waals surface area contributed by atoms with Crippen molar-refractivity contribution in [3.05, 3.63) is 64.2 Å². The molecule has 0 spiro atoms. The van der Waals surface area contributed by atoms with E-state index in [0.717, 1.165) is 35.6 Å². The van der Waals surface area contributed by atoms with Crippen LogP contribution >= 0.6 is 11.6 Å². The number of aromatic nitrogens is 4. The van der Waals surface area contributed by atoms with Gasteiger partial charge in [-0.1, -0.05) is 18.5 Å². The number of carbonyl (C=O) groups excluding carboxylic acids is 1. The maximum Gasteiger partial charge on any atom is 0.253 e. The van der Waals surface area contributed by atoms with Gasteiger partial charge in [0.05, 0.1) is 28.0 Å². The lowest BCUT2D eigenvalue weighted by atomic mass is 10.0. The highest BCUT2D eigenvalue weighted by Crippen LogP contribution is 2.26. The summed E-state index contributed by atoms with van der Waals surface area (Å²) in [6.45, 7) is 8.93. The first-order chi connectivity index (χ1) is 13.0. The molecule has 0 aliphatic carbocycles. The minimum Gasteiger partial charge on any atom is -0.345 e. The van der Waals surface area contributed by atoms with Gasteiger partial charge in [0, 0.05) is 30.2 Å². The number of nitrogens with zero attached hydrogens (tertiary/aromatic N) is 4. The van der Waals surface area contributed by atoms with Crippen molar-refractivity contribution < 1.29 is 4.79 Å². The molecule has 2 aromatic heterocycles. The maximum atomic E-state index is 13.0. The molecule has 2 heterocycles. The highest BCUT2D eigenvalue weighted by Gasteiger charge is 2.23. The zero-order chi connectivity index (χ0) is 19.6. The molecule has 27 heavy (non-hydrogen) atoms. The number of carbonyl (C=O) groups is 1. The molecule has 7 heteroatoms. The number of rotatable bonds is 6. The van der Waals surface area contributed by atoms with Gasteiger partial charge < -0.3 is 5.32 Å². The second-order valence-electron chi connectivity index (χ2n) is 6.45. The molecule has 3 aromatic rings. The summed E-state index contributed by atoms with van der Waals surface area (Å²) in [5.74, 6) is -0.205. The standard InChI is InChI=1S/C20H24ClN5O/c1-5-18(19-13(3)24-25(6-2)14(19)4)23-20(27)16-12-15(8-9-17(16)21)26-11-7-10-22-26/h7-12,18H,5-6H2,1-4H3,(H,23,27)/t18-/m1/s1. The third kappa shape index (κ3) is 3.76. The van der Waals surface area contributed by atoms with Crippen molar-refractivity contribution in [3.63, 3.8) is 0 Å². The average molecular weight is 386 g/mol. The number of hydrogen-bond acceptors (Lipinski definition) is 3. The fraction of sp³-hybridized carbons (Fsp3) is 0.350. The minimum atomic E-state index is -0.205. The Hall–Kier alpha value is -2.60. The van der Waals surface area contributed by atoms with Gasteiger partial charge in [0.1, 0.15) is 0 Å². The van der Waals surface area contributed by atoms with E-state index in [9.17, 15) is 4.79 Å². The summed E-state index contributed by atoms with van der Waals surface area (Å²) in [5, 5.41) is 12.3. The van der Waals surface area contributed by atoms with Gasteiger partial charge in [-0.25, -0.2) is 4.68 Å². The summed E-state index contributed by atoms with van der Waals surface area (Å²) in [7, 11) is 0. The van der Waals surface area contributed by atoms with E-state index in [2.05, 4.69) is 29.4 Å². The van der Waals surface area contributed by atoms with Crippen LogP contribution in [-0.2, 0) is 6.54 Å². The van der Waals surface area contributed by atoms with Crippen LogP contribution in [0.25, 0.3) is 5.69 Å². The Morgan fingerprint density at radius 2 is 2.07 bits per heavy atom. The predicted molar refractivity (Wildman–Crippen MR) is 106 cm³/mol. The van der Waals surface area contributed by atoms with E-state index in [1.807, 2.05) is 36.9 Å². The second kappa shape index (κ2) is 7.96. The Morgan fingerprint density at radius 3 is 2.67 bits per heavy atom. The van der Waals surface area contributed by atoms with E-state index in [1.54, 1.807) is 23.0 Å². The zero-order valence-corrected chi connectivity index (χ0v) is 16.8. The van der Waals surface area contributed by atoms with E-state index in [1.165, 1.54) is 0 Å². The average Bonchev–Trinajstić information content (AvgIpc) is 3.28. The minimum absolute atomic E-state index is 0.123. The number of amides is 1. The van der Waals surface area contributed by atoms with Crippen molar-refractivity contribution in [1.29, 1.82) is 0 Å². The number of hydrogen-bond donors (Lipinski definition) is 1. The SMILES string of the molecule is CC[C@@H](NC(=O)c1cc(-n2cccn2)ccc1Cl)c1c(C)nn(CC)c1C. The van der Waals surface area contributed by atoms with E-state index in [4.69, 9.17) is 11.6 Å². The van der Waals surface area contributed by atoms with Crippen LogP contribution in [0, 0.1) is 13.8 Å². The van der Waals surface area contributed by atoms with E-state index in [0.29, 0.717) is 10.6 Å². The van der Waals surface area contributed by atoms with Gasteiger partial charge in [-0.3, -0.25) is 9.48 Å². The first kappa shape index (κ1) is 19.2. The van der Waals surface area contributed by atoms with Crippen molar-refractivity contribution in [1.82, 2.24) is 24.9 Å². The Kier molecular flexibility index (Phi) is 5.65. The quantitative estimate of drug-likeness (QED) is 0.690. The summed E-state index contributed by atoms with van der Waals surface area (Å²) >= 11 is 6.31. The molecule has 0 radical (unpaired) electrons. The van der Waals surface area contributed by atoms with Crippen molar-refractivity contribution in [2.24, 2.45) is 0 Å². The summed E-state index contributed by atoms with van der Waals surface area (Å²) in [4.78, 5) is 13.0. The maximum absolute atomic E-state index is 13.0. The van der Waals surface area contributed by atoms with Crippen molar-refractivity contribution in [2.75, 3.05) is 0 Å². The van der Waals surface area contributed by atoms with Gasteiger partial charge >= 0.3 is 0 Å². The van der Waals surface area contributed by atoms with E-state index >= 15 is 0 Å². The molecule has 0 saturated heterocycles. The van der Waals surface area contributed by atoms with Crippen molar-refractivity contribution >= 4 is 17.5 Å². The molecule has 1 N–H and O–H groups in total. The molecule has 142 valence electrons. The smallest absolute Gasteiger partial charge is 0.253 e. The van der Waals surface area contributed by atoms with Crippen LogP contribution in [0.4, 0.5) is 0 Å². The predicted octanol–water partition coefficient (Wildman–Crippen LogP) is 4.24. The number of nitrogens with one attached hydrogen (secondary N) is 1. The van der Waals surface area contributed by atoms with Crippen LogP contribution in [0.15, 0.2) is 36.7 Å². The molecule has 6 nitrogen and oxygen atoms in total. The normalized spacial score (nSPS) is 12.2. The molecule has 0 fully saturated rings. The van der Waals surface area contributed by atoms with Crippen LogP contribution in [-0.4, -0.2) is 25.5 Å². The van der Waals surface area contributed by atoms with Gasteiger partial charge in [0.15, 0.2) is 0 Å². The second-order valence-corrected chi connectivity index (χ2v) is 6.86. The number of aryl methyl sites for hydroxylation is 2. The monoisotopic (exact) mass is 385 g/mol. The van der Waals surface area contributed by atoms with Gasteiger partial charge in [0.2, 0.25) is 0 Å².